The Kier molecular flexibility index (Phi) is 5.22. The first-order chi connectivity index (χ1) is 9.60. The third-order valence-corrected chi connectivity index (χ3v) is 5.00. The van der Waals surface area contributed by atoms with Gasteiger partial charge in [-0.25, -0.2) is 0 Å². The second-order valence-electron chi connectivity index (χ2n) is 6.48. The molecule has 3 atom stereocenters. The standard InChI is InChI=1S/C18H30N2/c1-5-10-15(3)20-13-17(16-11-8-7-9-12-16)19-14-18(20,4)6-2/h7-9,11-12,15,17,19H,5-6,10,13-14H2,1-4H3. The monoisotopic (exact) mass is 274 g/mol. The van der Waals surface area contributed by atoms with Crippen molar-refractivity contribution in [2.75, 3.05) is 13.1 Å². The minimum absolute atomic E-state index is 0.292. The molecule has 0 saturated carbocycles. The molecule has 0 aliphatic carbocycles. The largest absolute Gasteiger partial charge is 0.307 e. The Hall–Kier alpha value is -0.860. The van der Waals surface area contributed by atoms with Crippen molar-refractivity contribution in [2.24, 2.45) is 0 Å². The molecule has 1 N–H and O–H groups in total. The molecular formula is C18H30N2. The van der Waals surface area contributed by atoms with Gasteiger partial charge in [0.1, 0.15) is 0 Å². The van der Waals surface area contributed by atoms with Gasteiger partial charge in [0.15, 0.2) is 0 Å². The predicted octanol–water partition coefficient (Wildman–Crippen LogP) is 3.99. The van der Waals surface area contributed by atoms with Gasteiger partial charge in [0.05, 0.1) is 0 Å². The minimum atomic E-state index is 0.292. The summed E-state index contributed by atoms with van der Waals surface area (Å²) in [5, 5.41) is 3.76. The van der Waals surface area contributed by atoms with Crippen LogP contribution in [-0.2, 0) is 0 Å². The lowest BCUT2D eigenvalue weighted by Crippen LogP contribution is -2.62. The van der Waals surface area contributed by atoms with Crippen molar-refractivity contribution in [3.05, 3.63) is 35.9 Å². The molecule has 1 saturated heterocycles. The van der Waals surface area contributed by atoms with E-state index in [9.17, 15) is 0 Å². The van der Waals surface area contributed by atoms with Crippen LogP contribution in [0.1, 0.15) is 58.6 Å². The van der Waals surface area contributed by atoms with E-state index in [4.69, 9.17) is 0 Å². The van der Waals surface area contributed by atoms with Crippen LogP contribution in [0.25, 0.3) is 0 Å². The summed E-state index contributed by atoms with van der Waals surface area (Å²) >= 11 is 0. The van der Waals surface area contributed by atoms with E-state index in [1.165, 1.54) is 24.8 Å². The van der Waals surface area contributed by atoms with E-state index < -0.39 is 0 Å². The topological polar surface area (TPSA) is 15.3 Å². The van der Waals surface area contributed by atoms with E-state index in [0.29, 0.717) is 17.6 Å². The highest BCUT2D eigenvalue weighted by Crippen LogP contribution is 2.31. The highest BCUT2D eigenvalue weighted by molar-refractivity contribution is 5.20. The Morgan fingerprint density at radius 2 is 2.00 bits per heavy atom. The van der Waals surface area contributed by atoms with Gasteiger partial charge in [-0.15, -0.1) is 0 Å². The van der Waals surface area contributed by atoms with Crippen molar-refractivity contribution < 1.29 is 0 Å². The number of benzene rings is 1. The summed E-state index contributed by atoms with van der Waals surface area (Å²) in [4.78, 5) is 2.74. The first kappa shape index (κ1) is 15.5. The van der Waals surface area contributed by atoms with Crippen molar-refractivity contribution >= 4 is 0 Å². The summed E-state index contributed by atoms with van der Waals surface area (Å²) in [6.07, 6.45) is 3.76. The maximum atomic E-state index is 3.76. The van der Waals surface area contributed by atoms with Crippen LogP contribution in [0.5, 0.6) is 0 Å². The van der Waals surface area contributed by atoms with Gasteiger partial charge in [0.25, 0.3) is 0 Å². The second kappa shape index (κ2) is 6.73. The molecular weight excluding hydrogens is 244 g/mol. The molecule has 0 radical (unpaired) electrons. The smallest absolute Gasteiger partial charge is 0.0450 e. The van der Waals surface area contributed by atoms with Gasteiger partial charge < -0.3 is 5.32 Å². The fourth-order valence-corrected chi connectivity index (χ4v) is 3.45. The van der Waals surface area contributed by atoms with Crippen LogP contribution in [0.4, 0.5) is 0 Å². The predicted molar refractivity (Wildman–Crippen MR) is 87.0 cm³/mol. The molecule has 0 spiro atoms. The van der Waals surface area contributed by atoms with Crippen LogP contribution in [-0.4, -0.2) is 29.6 Å². The number of rotatable bonds is 5. The lowest BCUT2D eigenvalue weighted by atomic mass is 9.88. The molecule has 20 heavy (non-hydrogen) atoms. The summed E-state index contributed by atoms with van der Waals surface area (Å²) in [5.74, 6) is 0. The third-order valence-electron chi connectivity index (χ3n) is 5.00. The zero-order valence-corrected chi connectivity index (χ0v) is 13.5. The molecule has 0 bridgehead atoms. The quantitative estimate of drug-likeness (QED) is 0.873. The second-order valence-corrected chi connectivity index (χ2v) is 6.48. The minimum Gasteiger partial charge on any atom is -0.307 e. The van der Waals surface area contributed by atoms with E-state index in [1.807, 2.05) is 0 Å². The zero-order valence-electron chi connectivity index (χ0n) is 13.5. The lowest BCUT2D eigenvalue weighted by Gasteiger charge is -2.51. The average Bonchev–Trinajstić information content (AvgIpc) is 2.49. The molecule has 2 nitrogen and oxygen atoms in total. The van der Waals surface area contributed by atoms with Gasteiger partial charge in [-0.1, -0.05) is 50.6 Å². The van der Waals surface area contributed by atoms with Crippen LogP contribution >= 0.6 is 0 Å². The summed E-state index contributed by atoms with van der Waals surface area (Å²) in [6.45, 7) is 11.6. The van der Waals surface area contributed by atoms with E-state index in [-0.39, 0.29) is 0 Å². The molecule has 2 rings (SSSR count). The maximum Gasteiger partial charge on any atom is 0.0450 e. The van der Waals surface area contributed by atoms with Crippen molar-refractivity contribution in [1.29, 1.82) is 0 Å². The molecule has 1 aliphatic heterocycles. The first-order valence-electron chi connectivity index (χ1n) is 8.15. The number of nitrogens with zero attached hydrogens (tertiary/aromatic N) is 1. The SMILES string of the molecule is CCCC(C)N1CC(c2ccccc2)NCC1(C)CC. The van der Waals surface area contributed by atoms with Crippen LogP contribution in [0.2, 0.25) is 0 Å². The third kappa shape index (κ3) is 3.24. The molecule has 3 unspecified atom stereocenters. The fraction of sp³-hybridized carbons (Fsp3) is 0.667. The van der Waals surface area contributed by atoms with E-state index in [2.05, 4.69) is 68.2 Å². The molecule has 1 fully saturated rings. The molecule has 1 aromatic carbocycles. The molecule has 1 heterocycles. The number of piperazine rings is 1. The van der Waals surface area contributed by atoms with Crippen LogP contribution in [0, 0.1) is 0 Å². The highest BCUT2D eigenvalue weighted by atomic mass is 15.3. The molecule has 0 aromatic heterocycles. The van der Waals surface area contributed by atoms with Gasteiger partial charge in [-0.05, 0) is 32.3 Å². The van der Waals surface area contributed by atoms with Crippen molar-refractivity contribution in [1.82, 2.24) is 10.2 Å². The van der Waals surface area contributed by atoms with Crippen molar-refractivity contribution in [2.45, 2.75) is 64.6 Å². The molecule has 1 aromatic rings. The molecule has 112 valence electrons. The van der Waals surface area contributed by atoms with Crippen molar-refractivity contribution in [3.8, 4) is 0 Å². The number of hydrogen-bond acceptors (Lipinski definition) is 2. The Bertz CT molecular complexity index is 403. The van der Waals surface area contributed by atoms with Gasteiger partial charge in [-0.3, -0.25) is 4.90 Å². The van der Waals surface area contributed by atoms with Gasteiger partial charge in [-0.2, -0.15) is 0 Å². The maximum absolute atomic E-state index is 3.76. The molecule has 1 aliphatic rings. The molecule has 0 amide bonds. The number of nitrogens with one attached hydrogen (secondary N) is 1. The number of hydrogen-bond donors (Lipinski definition) is 1. The summed E-state index contributed by atoms with van der Waals surface area (Å²) in [6, 6.07) is 12.0. The summed E-state index contributed by atoms with van der Waals surface area (Å²) in [5.41, 5.74) is 1.71. The highest BCUT2D eigenvalue weighted by Gasteiger charge is 2.38. The Morgan fingerprint density at radius 1 is 1.30 bits per heavy atom. The Morgan fingerprint density at radius 3 is 2.60 bits per heavy atom. The summed E-state index contributed by atoms with van der Waals surface area (Å²) < 4.78 is 0. The van der Waals surface area contributed by atoms with Gasteiger partial charge in [0.2, 0.25) is 0 Å². The van der Waals surface area contributed by atoms with Gasteiger partial charge >= 0.3 is 0 Å². The van der Waals surface area contributed by atoms with Crippen molar-refractivity contribution in [3.63, 3.8) is 0 Å². The first-order valence-corrected chi connectivity index (χ1v) is 8.15. The Balaban J connectivity index is 2.16. The Labute approximate surface area is 124 Å². The average molecular weight is 274 g/mol. The van der Waals surface area contributed by atoms with E-state index in [1.54, 1.807) is 0 Å². The summed E-state index contributed by atoms with van der Waals surface area (Å²) in [7, 11) is 0. The zero-order chi connectivity index (χ0) is 14.6. The van der Waals surface area contributed by atoms with E-state index >= 15 is 0 Å². The van der Waals surface area contributed by atoms with Crippen LogP contribution in [0.3, 0.4) is 0 Å². The van der Waals surface area contributed by atoms with Crippen LogP contribution < -0.4 is 5.32 Å². The molecule has 2 heteroatoms. The fourth-order valence-electron chi connectivity index (χ4n) is 3.45. The lowest BCUT2D eigenvalue weighted by molar-refractivity contribution is 0.0126. The van der Waals surface area contributed by atoms with Crippen LogP contribution in [0.15, 0.2) is 30.3 Å². The van der Waals surface area contributed by atoms with E-state index in [0.717, 1.165) is 13.1 Å². The normalized spacial score (nSPS) is 29.3. The van der Waals surface area contributed by atoms with Gasteiger partial charge in [0, 0.05) is 30.7 Å².